The topological polar surface area (TPSA) is 95.5 Å². The van der Waals surface area contributed by atoms with Gasteiger partial charge in [-0.3, -0.25) is 9.59 Å². The van der Waals surface area contributed by atoms with E-state index in [1.165, 1.54) is 0 Å². The van der Waals surface area contributed by atoms with Gasteiger partial charge in [0.25, 0.3) is 5.91 Å². The predicted molar refractivity (Wildman–Crippen MR) is 116 cm³/mol. The highest BCUT2D eigenvalue weighted by Crippen LogP contribution is 2.43. The lowest BCUT2D eigenvalue weighted by Gasteiger charge is -2.38. The Kier molecular flexibility index (Phi) is 6.07. The van der Waals surface area contributed by atoms with Crippen LogP contribution in [0, 0.1) is 5.92 Å². The molecule has 2 aromatic rings. The number of rotatable bonds is 7. The van der Waals surface area contributed by atoms with Crippen molar-refractivity contribution in [2.45, 2.75) is 56.5 Å². The van der Waals surface area contributed by atoms with E-state index in [9.17, 15) is 19.5 Å². The fourth-order valence-corrected chi connectivity index (χ4v) is 4.67. The molecule has 2 amide bonds. The first-order valence-corrected chi connectivity index (χ1v) is 11.0. The molecule has 0 bridgehead atoms. The lowest BCUT2D eigenvalue weighted by molar-refractivity contribution is -0.148. The Morgan fingerprint density at radius 3 is 2.19 bits per heavy atom. The second-order valence-corrected chi connectivity index (χ2v) is 8.66. The standard InChI is InChI=1S/C25H28N2O4/c28-22(26-16-17-6-2-1-3-7-17)19-10-8-18(9-11-19)20-12-13-21(20)23(29)27-25(24(30)31)14-4-5-15-25/h1-3,6-11,20-21H,4-5,12-16H2,(H,26,28)(H,27,29)(H,30,31)/t20-,21?/m0/s1. The molecule has 6 heteroatoms. The molecule has 2 aliphatic carbocycles. The third-order valence-electron chi connectivity index (χ3n) is 6.74. The van der Waals surface area contributed by atoms with Crippen molar-refractivity contribution in [1.29, 1.82) is 0 Å². The molecule has 0 heterocycles. The Hall–Kier alpha value is -3.15. The highest BCUT2D eigenvalue weighted by molar-refractivity contribution is 5.94. The van der Waals surface area contributed by atoms with E-state index in [1.807, 2.05) is 42.5 Å². The normalized spacial score (nSPS) is 21.7. The molecule has 2 aromatic carbocycles. The molecule has 162 valence electrons. The minimum absolute atomic E-state index is 0.0636. The van der Waals surface area contributed by atoms with E-state index in [4.69, 9.17) is 0 Å². The zero-order chi connectivity index (χ0) is 21.8. The molecule has 3 N–H and O–H groups in total. The molecule has 31 heavy (non-hydrogen) atoms. The number of amides is 2. The summed E-state index contributed by atoms with van der Waals surface area (Å²) >= 11 is 0. The van der Waals surface area contributed by atoms with Gasteiger partial charge in [-0.05, 0) is 54.9 Å². The van der Waals surface area contributed by atoms with Gasteiger partial charge in [-0.1, -0.05) is 55.3 Å². The summed E-state index contributed by atoms with van der Waals surface area (Å²) in [5, 5.41) is 15.4. The third kappa shape index (κ3) is 4.48. The molecule has 2 aliphatic rings. The van der Waals surface area contributed by atoms with Crippen LogP contribution in [0.25, 0.3) is 0 Å². The molecule has 0 spiro atoms. The Balaban J connectivity index is 1.36. The van der Waals surface area contributed by atoms with Crippen LogP contribution in [0.15, 0.2) is 54.6 Å². The largest absolute Gasteiger partial charge is 0.480 e. The average Bonchev–Trinajstić information content (AvgIpc) is 3.22. The van der Waals surface area contributed by atoms with Gasteiger partial charge in [0.15, 0.2) is 0 Å². The van der Waals surface area contributed by atoms with E-state index in [2.05, 4.69) is 10.6 Å². The molecule has 2 saturated carbocycles. The number of hydrogen-bond acceptors (Lipinski definition) is 3. The molecule has 1 unspecified atom stereocenters. The van der Waals surface area contributed by atoms with Gasteiger partial charge in [0.2, 0.25) is 5.91 Å². The first-order valence-electron chi connectivity index (χ1n) is 11.0. The van der Waals surface area contributed by atoms with Gasteiger partial charge >= 0.3 is 5.97 Å². The summed E-state index contributed by atoms with van der Waals surface area (Å²) in [6.45, 7) is 0.470. The third-order valence-corrected chi connectivity index (χ3v) is 6.74. The van der Waals surface area contributed by atoms with E-state index in [0.717, 1.165) is 36.8 Å². The van der Waals surface area contributed by atoms with Crippen molar-refractivity contribution < 1.29 is 19.5 Å². The molecule has 0 radical (unpaired) electrons. The maximum Gasteiger partial charge on any atom is 0.329 e. The molecular formula is C25H28N2O4. The van der Waals surface area contributed by atoms with Crippen LogP contribution >= 0.6 is 0 Å². The number of carboxylic acids is 1. The maximum absolute atomic E-state index is 12.8. The van der Waals surface area contributed by atoms with Crippen LogP contribution in [-0.4, -0.2) is 28.4 Å². The molecular weight excluding hydrogens is 392 g/mol. The van der Waals surface area contributed by atoms with Crippen LogP contribution in [0.2, 0.25) is 0 Å². The first-order chi connectivity index (χ1) is 15.0. The van der Waals surface area contributed by atoms with Crippen LogP contribution in [0.4, 0.5) is 0 Å². The van der Waals surface area contributed by atoms with E-state index >= 15 is 0 Å². The summed E-state index contributed by atoms with van der Waals surface area (Å²) in [6.07, 6.45) is 4.29. The SMILES string of the molecule is O=C(NCc1ccccc1)c1ccc([C@@H]2CCC2C(=O)NC2(C(=O)O)CCCC2)cc1. The zero-order valence-corrected chi connectivity index (χ0v) is 17.5. The summed E-state index contributed by atoms with van der Waals surface area (Å²) < 4.78 is 0. The number of carboxylic acid groups (broad SMARTS) is 1. The van der Waals surface area contributed by atoms with Crippen LogP contribution in [-0.2, 0) is 16.1 Å². The van der Waals surface area contributed by atoms with E-state index in [-0.39, 0.29) is 23.7 Å². The number of carbonyl (C=O) groups excluding carboxylic acids is 2. The quantitative estimate of drug-likeness (QED) is 0.637. The lowest BCUT2D eigenvalue weighted by atomic mass is 9.69. The summed E-state index contributed by atoms with van der Waals surface area (Å²) in [4.78, 5) is 37.0. The zero-order valence-electron chi connectivity index (χ0n) is 17.5. The van der Waals surface area contributed by atoms with Crippen LogP contribution in [0.3, 0.4) is 0 Å². The molecule has 0 saturated heterocycles. The summed E-state index contributed by atoms with van der Waals surface area (Å²) in [5.74, 6) is -1.38. The van der Waals surface area contributed by atoms with Crippen molar-refractivity contribution in [3.63, 3.8) is 0 Å². The van der Waals surface area contributed by atoms with Gasteiger partial charge in [-0.2, -0.15) is 0 Å². The Bertz CT molecular complexity index is 949. The minimum Gasteiger partial charge on any atom is -0.480 e. The number of benzene rings is 2. The number of carbonyl (C=O) groups is 3. The molecule has 0 aromatic heterocycles. The maximum atomic E-state index is 12.8. The number of nitrogens with one attached hydrogen (secondary N) is 2. The van der Waals surface area contributed by atoms with Crippen molar-refractivity contribution in [3.05, 3.63) is 71.3 Å². The van der Waals surface area contributed by atoms with Crippen LogP contribution in [0.1, 0.15) is 65.9 Å². The number of hydrogen-bond donors (Lipinski definition) is 3. The fourth-order valence-electron chi connectivity index (χ4n) is 4.67. The van der Waals surface area contributed by atoms with Crippen molar-refractivity contribution in [2.24, 2.45) is 5.92 Å². The second kappa shape index (κ2) is 8.92. The van der Waals surface area contributed by atoms with Crippen molar-refractivity contribution in [3.8, 4) is 0 Å². The van der Waals surface area contributed by atoms with Crippen LogP contribution in [0.5, 0.6) is 0 Å². The van der Waals surface area contributed by atoms with Gasteiger partial charge in [0.1, 0.15) is 5.54 Å². The van der Waals surface area contributed by atoms with Crippen LogP contribution < -0.4 is 10.6 Å². The molecule has 6 nitrogen and oxygen atoms in total. The lowest BCUT2D eigenvalue weighted by Crippen LogP contribution is -2.55. The van der Waals surface area contributed by atoms with Crippen molar-refractivity contribution in [2.75, 3.05) is 0 Å². The molecule has 2 fully saturated rings. The predicted octanol–water partition coefficient (Wildman–Crippen LogP) is 3.62. The summed E-state index contributed by atoms with van der Waals surface area (Å²) in [6, 6.07) is 17.1. The average molecular weight is 421 g/mol. The van der Waals surface area contributed by atoms with Crippen molar-refractivity contribution in [1.82, 2.24) is 10.6 Å². The Labute approximate surface area is 182 Å². The highest BCUT2D eigenvalue weighted by Gasteiger charge is 2.46. The molecule has 0 aliphatic heterocycles. The first kappa shape index (κ1) is 21.1. The van der Waals surface area contributed by atoms with E-state index in [1.54, 1.807) is 12.1 Å². The smallest absolute Gasteiger partial charge is 0.329 e. The van der Waals surface area contributed by atoms with E-state index in [0.29, 0.717) is 24.9 Å². The van der Waals surface area contributed by atoms with Crippen molar-refractivity contribution >= 4 is 17.8 Å². The monoisotopic (exact) mass is 420 g/mol. The Morgan fingerprint density at radius 1 is 0.935 bits per heavy atom. The van der Waals surface area contributed by atoms with E-state index < -0.39 is 11.5 Å². The second-order valence-electron chi connectivity index (χ2n) is 8.66. The minimum atomic E-state index is -1.10. The summed E-state index contributed by atoms with van der Waals surface area (Å²) in [7, 11) is 0. The van der Waals surface area contributed by atoms with Gasteiger partial charge in [0, 0.05) is 18.0 Å². The fraction of sp³-hybridized carbons (Fsp3) is 0.400. The van der Waals surface area contributed by atoms with Gasteiger partial charge in [0.05, 0.1) is 0 Å². The Morgan fingerprint density at radius 2 is 1.61 bits per heavy atom. The molecule has 4 rings (SSSR count). The van der Waals surface area contributed by atoms with Gasteiger partial charge in [-0.15, -0.1) is 0 Å². The summed E-state index contributed by atoms with van der Waals surface area (Å²) in [5.41, 5.74) is 1.53. The van der Waals surface area contributed by atoms with Gasteiger partial charge in [-0.25, -0.2) is 4.79 Å². The highest BCUT2D eigenvalue weighted by atomic mass is 16.4. The number of aliphatic carboxylic acids is 1. The van der Waals surface area contributed by atoms with Gasteiger partial charge < -0.3 is 15.7 Å². The molecule has 2 atom stereocenters.